The van der Waals surface area contributed by atoms with Crippen LogP contribution in [0, 0.1) is 13.8 Å². The Balaban J connectivity index is 0.00000243. The second kappa shape index (κ2) is 10.3. The SMILES string of the molecule is CN=C(NCCc1c(C)noc1C)N1CCN(Cc2cccs2)CC1.I. The Bertz CT molecular complexity index is 673. The lowest BCUT2D eigenvalue weighted by Gasteiger charge is -2.36. The Hall–Kier alpha value is -1.13. The smallest absolute Gasteiger partial charge is 0.193 e. The number of guanidine groups is 1. The van der Waals surface area contributed by atoms with E-state index in [-0.39, 0.29) is 24.0 Å². The lowest BCUT2D eigenvalue weighted by atomic mass is 10.1. The highest BCUT2D eigenvalue weighted by molar-refractivity contribution is 14.0. The molecule has 0 spiro atoms. The molecule has 2 aromatic rings. The van der Waals surface area contributed by atoms with Gasteiger partial charge in [-0.25, -0.2) is 0 Å². The molecule has 6 nitrogen and oxygen atoms in total. The Morgan fingerprint density at radius 2 is 2.08 bits per heavy atom. The second-order valence-corrected chi connectivity index (χ2v) is 7.40. The number of aromatic nitrogens is 1. The molecule has 0 radical (unpaired) electrons. The summed E-state index contributed by atoms with van der Waals surface area (Å²) in [5, 5.41) is 9.65. The normalized spacial score (nSPS) is 15.8. The van der Waals surface area contributed by atoms with Crippen molar-refractivity contribution < 1.29 is 4.52 Å². The lowest BCUT2D eigenvalue weighted by molar-refractivity contribution is 0.174. The second-order valence-electron chi connectivity index (χ2n) is 6.37. The fourth-order valence-corrected chi connectivity index (χ4v) is 3.98. The van der Waals surface area contributed by atoms with Gasteiger partial charge in [0.25, 0.3) is 0 Å². The van der Waals surface area contributed by atoms with Crippen LogP contribution < -0.4 is 5.32 Å². The van der Waals surface area contributed by atoms with Crippen LogP contribution in [0.1, 0.15) is 21.9 Å². The maximum absolute atomic E-state index is 5.23. The molecule has 8 heteroatoms. The van der Waals surface area contributed by atoms with Gasteiger partial charge in [0.05, 0.1) is 5.69 Å². The molecule has 1 N–H and O–H groups in total. The maximum atomic E-state index is 5.23. The number of nitrogens with one attached hydrogen (secondary N) is 1. The third-order valence-corrected chi connectivity index (χ3v) is 5.54. The molecule has 0 atom stereocenters. The Morgan fingerprint density at radius 3 is 2.65 bits per heavy atom. The monoisotopic (exact) mass is 489 g/mol. The highest BCUT2D eigenvalue weighted by Gasteiger charge is 2.20. The van der Waals surface area contributed by atoms with E-state index in [0.29, 0.717) is 0 Å². The molecule has 1 aliphatic heterocycles. The fourth-order valence-electron chi connectivity index (χ4n) is 3.23. The van der Waals surface area contributed by atoms with Crippen LogP contribution in [0.3, 0.4) is 0 Å². The molecule has 0 aromatic carbocycles. The molecule has 0 saturated carbocycles. The van der Waals surface area contributed by atoms with E-state index in [1.54, 1.807) is 0 Å². The van der Waals surface area contributed by atoms with Crippen LogP contribution in [0.4, 0.5) is 0 Å². The molecule has 0 bridgehead atoms. The van der Waals surface area contributed by atoms with Crippen molar-refractivity contribution in [2.45, 2.75) is 26.8 Å². The predicted octanol–water partition coefficient (Wildman–Crippen LogP) is 2.91. The zero-order valence-corrected chi connectivity index (χ0v) is 18.8. The van der Waals surface area contributed by atoms with Crippen molar-refractivity contribution in [1.29, 1.82) is 0 Å². The van der Waals surface area contributed by atoms with E-state index < -0.39 is 0 Å². The van der Waals surface area contributed by atoms with Crippen molar-refractivity contribution in [3.8, 4) is 0 Å². The Labute approximate surface area is 176 Å². The topological polar surface area (TPSA) is 56.9 Å². The van der Waals surface area contributed by atoms with Crippen molar-refractivity contribution in [3.63, 3.8) is 0 Å². The van der Waals surface area contributed by atoms with Crippen molar-refractivity contribution in [3.05, 3.63) is 39.4 Å². The van der Waals surface area contributed by atoms with Crippen LogP contribution in [-0.2, 0) is 13.0 Å². The zero-order valence-electron chi connectivity index (χ0n) is 15.7. The number of halogens is 1. The van der Waals surface area contributed by atoms with Crippen LogP contribution in [0.2, 0.25) is 0 Å². The quantitative estimate of drug-likeness (QED) is 0.398. The van der Waals surface area contributed by atoms with Gasteiger partial charge in [-0.1, -0.05) is 11.2 Å². The zero-order chi connectivity index (χ0) is 17.6. The molecule has 1 fully saturated rings. The summed E-state index contributed by atoms with van der Waals surface area (Å²) in [7, 11) is 1.86. The molecule has 3 rings (SSSR count). The first-order chi connectivity index (χ1) is 12.2. The minimum absolute atomic E-state index is 0. The maximum Gasteiger partial charge on any atom is 0.193 e. The number of aryl methyl sites for hydroxylation is 2. The predicted molar refractivity (Wildman–Crippen MR) is 118 cm³/mol. The molecule has 0 amide bonds. The highest BCUT2D eigenvalue weighted by atomic mass is 127. The summed E-state index contributed by atoms with van der Waals surface area (Å²) >= 11 is 1.84. The number of piperazine rings is 1. The summed E-state index contributed by atoms with van der Waals surface area (Å²) in [6.07, 6.45) is 0.901. The van der Waals surface area contributed by atoms with Gasteiger partial charge >= 0.3 is 0 Å². The number of aliphatic imine (C=N–C) groups is 1. The van der Waals surface area contributed by atoms with E-state index in [0.717, 1.165) is 63.1 Å². The van der Waals surface area contributed by atoms with Crippen molar-refractivity contribution >= 4 is 41.3 Å². The summed E-state index contributed by atoms with van der Waals surface area (Å²) in [6, 6.07) is 4.34. The summed E-state index contributed by atoms with van der Waals surface area (Å²) in [5.41, 5.74) is 2.18. The number of rotatable bonds is 5. The molecule has 144 valence electrons. The molecule has 3 heterocycles. The van der Waals surface area contributed by atoms with Crippen LogP contribution in [-0.4, -0.2) is 60.7 Å². The molecular weight excluding hydrogens is 461 g/mol. The Morgan fingerprint density at radius 1 is 1.31 bits per heavy atom. The van der Waals surface area contributed by atoms with E-state index in [1.807, 2.05) is 32.2 Å². The molecule has 0 unspecified atom stereocenters. The molecule has 1 aliphatic rings. The molecule has 0 aliphatic carbocycles. The van der Waals surface area contributed by atoms with Crippen LogP contribution >= 0.6 is 35.3 Å². The van der Waals surface area contributed by atoms with Crippen molar-refractivity contribution in [2.24, 2.45) is 4.99 Å². The fraction of sp³-hybridized carbons (Fsp3) is 0.556. The first kappa shape index (κ1) is 21.2. The highest BCUT2D eigenvalue weighted by Crippen LogP contribution is 2.14. The van der Waals surface area contributed by atoms with Gasteiger partial charge in [-0.2, -0.15) is 0 Å². The standard InChI is InChI=1S/C18H27N5OS.HI/c1-14-17(15(2)24-21-14)6-7-20-18(19-3)23-10-8-22(9-11-23)13-16-5-4-12-25-16;/h4-5,12H,6-11,13H2,1-3H3,(H,19,20);1H. The summed E-state index contributed by atoms with van der Waals surface area (Å²) in [4.78, 5) is 10.8. The number of nitrogens with zero attached hydrogens (tertiary/aromatic N) is 4. The van der Waals surface area contributed by atoms with Crippen molar-refractivity contribution in [2.75, 3.05) is 39.8 Å². The van der Waals surface area contributed by atoms with Gasteiger partial charge in [0.2, 0.25) is 0 Å². The first-order valence-corrected chi connectivity index (χ1v) is 9.67. The third-order valence-electron chi connectivity index (χ3n) is 4.68. The van der Waals surface area contributed by atoms with Crippen LogP contribution in [0.25, 0.3) is 0 Å². The van der Waals surface area contributed by atoms with E-state index >= 15 is 0 Å². The Kier molecular flexibility index (Phi) is 8.36. The first-order valence-electron chi connectivity index (χ1n) is 8.79. The number of hydrogen-bond acceptors (Lipinski definition) is 5. The van der Waals surface area contributed by atoms with Gasteiger partial charge in [-0.05, 0) is 31.7 Å². The minimum atomic E-state index is 0. The van der Waals surface area contributed by atoms with E-state index in [4.69, 9.17) is 4.52 Å². The average molecular weight is 489 g/mol. The number of hydrogen-bond donors (Lipinski definition) is 1. The van der Waals surface area contributed by atoms with E-state index in [1.165, 1.54) is 10.4 Å². The van der Waals surface area contributed by atoms with Crippen LogP contribution in [0.15, 0.2) is 27.0 Å². The number of thiophene rings is 1. The van der Waals surface area contributed by atoms with Gasteiger partial charge in [0, 0.05) is 56.8 Å². The molecule has 1 saturated heterocycles. The van der Waals surface area contributed by atoms with E-state index in [9.17, 15) is 0 Å². The van der Waals surface area contributed by atoms with Crippen LogP contribution in [0.5, 0.6) is 0 Å². The molecule has 2 aromatic heterocycles. The van der Waals surface area contributed by atoms with Crippen molar-refractivity contribution in [1.82, 2.24) is 20.3 Å². The van der Waals surface area contributed by atoms with Gasteiger partial charge in [0.15, 0.2) is 5.96 Å². The average Bonchev–Trinajstić information content (AvgIpc) is 3.24. The van der Waals surface area contributed by atoms with Gasteiger partial charge < -0.3 is 14.7 Å². The van der Waals surface area contributed by atoms with E-state index in [2.05, 4.69) is 42.8 Å². The lowest BCUT2D eigenvalue weighted by Crippen LogP contribution is -2.52. The largest absolute Gasteiger partial charge is 0.361 e. The van der Waals surface area contributed by atoms with Gasteiger partial charge in [0.1, 0.15) is 5.76 Å². The summed E-state index contributed by atoms with van der Waals surface area (Å²) < 4.78 is 5.23. The minimum Gasteiger partial charge on any atom is -0.361 e. The molecular formula is C18H28IN5OS. The summed E-state index contributed by atoms with van der Waals surface area (Å²) in [5.74, 6) is 1.90. The van der Waals surface area contributed by atoms with Gasteiger partial charge in [-0.3, -0.25) is 9.89 Å². The molecule has 26 heavy (non-hydrogen) atoms. The third kappa shape index (κ3) is 5.43. The van der Waals surface area contributed by atoms with Gasteiger partial charge in [-0.15, -0.1) is 35.3 Å². The summed E-state index contributed by atoms with van der Waals surface area (Å²) in [6.45, 7) is 10.0.